The molecule has 184 valence electrons. The SMILES string of the molecule is COC(=O)c1c(-c2ccc(OC)c(COc3ccccc3C)c2)nn(-c2ccccc2)c1C(=O)OC. The number of aromatic nitrogens is 2. The number of aryl methyl sites for hydroxylation is 1. The summed E-state index contributed by atoms with van der Waals surface area (Å²) < 4.78 is 23.0. The lowest BCUT2D eigenvalue weighted by Crippen LogP contribution is -2.15. The second-order valence-electron chi connectivity index (χ2n) is 7.88. The van der Waals surface area contributed by atoms with Crippen LogP contribution >= 0.6 is 0 Å². The Bertz CT molecular complexity index is 1390. The highest BCUT2D eigenvalue weighted by molar-refractivity contribution is 6.06. The van der Waals surface area contributed by atoms with Crippen molar-refractivity contribution >= 4 is 11.9 Å². The van der Waals surface area contributed by atoms with Crippen LogP contribution in [-0.2, 0) is 16.1 Å². The minimum Gasteiger partial charge on any atom is -0.496 e. The highest BCUT2D eigenvalue weighted by atomic mass is 16.5. The van der Waals surface area contributed by atoms with E-state index in [4.69, 9.17) is 18.9 Å². The van der Waals surface area contributed by atoms with Crippen LogP contribution < -0.4 is 9.47 Å². The molecule has 0 atom stereocenters. The summed E-state index contributed by atoms with van der Waals surface area (Å²) in [4.78, 5) is 25.7. The van der Waals surface area contributed by atoms with Crippen LogP contribution in [0.5, 0.6) is 11.5 Å². The third-order valence-corrected chi connectivity index (χ3v) is 5.69. The molecule has 0 saturated carbocycles. The number of para-hydroxylation sites is 2. The van der Waals surface area contributed by atoms with Crippen molar-refractivity contribution in [2.24, 2.45) is 0 Å². The largest absolute Gasteiger partial charge is 0.496 e. The number of carbonyl (C=O) groups excluding carboxylic acids is 2. The molecule has 0 unspecified atom stereocenters. The fraction of sp³-hybridized carbons (Fsp3) is 0.179. The van der Waals surface area contributed by atoms with Crippen LogP contribution in [0, 0.1) is 6.92 Å². The lowest BCUT2D eigenvalue weighted by molar-refractivity contribution is 0.0549. The molecule has 0 aliphatic carbocycles. The van der Waals surface area contributed by atoms with E-state index >= 15 is 0 Å². The highest BCUT2D eigenvalue weighted by Crippen LogP contribution is 2.33. The summed E-state index contributed by atoms with van der Waals surface area (Å²) in [6.45, 7) is 2.19. The lowest BCUT2D eigenvalue weighted by atomic mass is 10.0. The number of nitrogens with zero attached hydrogens (tertiary/aromatic N) is 2. The molecule has 0 radical (unpaired) electrons. The number of carbonyl (C=O) groups is 2. The number of methoxy groups -OCH3 is 3. The van der Waals surface area contributed by atoms with E-state index in [1.807, 2.05) is 55.5 Å². The maximum absolute atomic E-state index is 12.9. The van der Waals surface area contributed by atoms with E-state index < -0.39 is 11.9 Å². The molecule has 36 heavy (non-hydrogen) atoms. The molecule has 0 fully saturated rings. The molecule has 8 nitrogen and oxygen atoms in total. The fourth-order valence-electron chi connectivity index (χ4n) is 3.87. The van der Waals surface area contributed by atoms with Gasteiger partial charge in [-0.1, -0.05) is 36.4 Å². The summed E-state index contributed by atoms with van der Waals surface area (Å²) in [7, 11) is 4.08. The van der Waals surface area contributed by atoms with Crippen LogP contribution in [0.1, 0.15) is 32.0 Å². The number of ether oxygens (including phenoxy) is 4. The van der Waals surface area contributed by atoms with E-state index in [1.165, 1.54) is 18.9 Å². The van der Waals surface area contributed by atoms with Crippen molar-refractivity contribution in [2.45, 2.75) is 13.5 Å². The van der Waals surface area contributed by atoms with Crippen LogP contribution in [0.15, 0.2) is 72.8 Å². The molecule has 4 aromatic rings. The first-order chi connectivity index (χ1) is 17.5. The molecule has 8 heteroatoms. The first-order valence-corrected chi connectivity index (χ1v) is 11.2. The van der Waals surface area contributed by atoms with Crippen LogP contribution in [0.4, 0.5) is 0 Å². The van der Waals surface area contributed by atoms with Crippen molar-refractivity contribution in [1.82, 2.24) is 9.78 Å². The molecule has 0 spiro atoms. The van der Waals surface area contributed by atoms with Gasteiger partial charge in [-0.3, -0.25) is 0 Å². The minimum atomic E-state index is -0.713. The molecular formula is C28H26N2O6. The molecule has 0 bridgehead atoms. The topological polar surface area (TPSA) is 88.9 Å². The van der Waals surface area contributed by atoms with Gasteiger partial charge in [0.1, 0.15) is 29.4 Å². The van der Waals surface area contributed by atoms with Gasteiger partial charge >= 0.3 is 11.9 Å². The Morgan fingerprint density at radius 1 is 0.833 bits per heavy atom. The van der Waals surface area contributed by atoms with Crippen molar-refractivity contribution in [3.8, 4) is 28.4 Å². The smallest absolute Gasteiger partial charge is 0.357 e. The molecule has 1 heterocycles. The Morgan fingerprint density at radius 2 is 1.53 bits per heavy atom. The van der Waals surface area contributed by atoms with Gasteiger partial charge in [-0.15, -0.1) is 0 Å². The summed E-state index contributed by atoms with van der Waals surface area (Å²) in [5, 5.41) is 4.65. The van der Waals surface area contributed by atoms with E-state index in [9.17, 15) is 9.59 Å². The maximum Gasteiger partial charge on any atom is 0.357 e. The number of hydrogen-bond donors (Lipinski definition) is 0. The van der Waals surface area contributed by atoms with E-state index in [0.29, 0.717) is 17.0 Å². The zero-order chi connectivity index (χ0) is 25.7. The van der Waals surface area contributed by atoms with Crippen LogP contribution in [0.3, 0.4) is 0 Å². The third kappa shape index (κ3) is 4.79. The van der Waals surface area contributed by atoms with Gasteiger partial charge in [0, 0.05) is 11.1 Å². The second kappa shape index (κ2) is 10.8. The van der Waals surface area contributed by atoms with Gasteiger partial charge in [0.2, 0.25) is 0 Å². The van der Waals surface area contributed by atoms with Gasteiger partial charge in [-0.25, -0.2) is 14.3 Å². The first kappa shape index (κ1) is 24.5. The summed E-state index contributed by atoms with van der Waals surface area (Å²) in [6.07, 6.45) is 0. The summed E-state index contributed by atoms with van der Waals surface area (Å²) >= 11 is 0. The van der Waals surface area contributed by atoms with Gasteiger partial charge in [-0.2, -0.15) is 5.10 Å². The Kier molecular flexibility index (Phi) is 7.34. The van der Waals surface area contributed by atoms with Crippen molar-refractivity contribution in [3.05, 3.63) is 95.2 Å². The van der Waals surface area contributed by atoms with Crippen molar-refractivity contribution in [2.75, 3.05) is 21.3 Å². The van der Waals surface area contributed by atoms with Gasteiger partial charge in [0.15, 0.2) is 5.69 Å². The van der Waals surface area contributed by atoms with Crippen molar-refractivity contribution in [1.29, 1.82) is 0 Å². The zero-order valence-electron chi connectivity index (χ0n) is 20.5. The Morgan fingerprint density at radius 3 is 2.19 bits per heavy atom. The maximum atomic E-state index is 12.9. The van der Waals surface area contributed by atoms with Crippen LogP contribution in [0.25, 0.3) is 16.9 Å². The summed E-state index contributed by atoms with van der Waals surface area (Å²) in [5.74, 6) is -0.0556. The molecule has 0 N–H and O–H groups in total. The minimum absolute atomic E-state index is 0.00384. The Labute approximate surface area is 209 Å². The molecule has 3 aromatic carbocycles. The van der Waals surface area contributed by atoms with Gasteiger partial charge in [0.05, 0.1) is 27.0 Å². The van der Waals surface area contributed by atoms with Crippen LogP contribution in [-0.4, -0.2) is 43.0 Å². The zero-order valence-corrected chi connectivity index (χ0v) is 20.5. The lowest BCUT2D eigenvalue weighted by Gasteiger charge is -2.13. The van der Waals surface area contributed by atoms with Crippen molar-refractivity contribution in [3.63, 3.8) is 0 Å². The Hall–Kier alpha value is -4.59. The fourth-order valence-corrected chi connectivity index (χ4v) is 3.87. The quantitative estimate of drug-likeness (QED) is 0.324. The Balaban J connectivity index is 1.86. The van der Waals surface area contributed by atoms with E-state index in [1.54, 1.807) is 31.4 Å². The third-order valence-electron chi connectivity index (χ3n) is 5.69. The molecule has 1 aromatic heterocycles. The number of esters is 2. The summed E-state index contributed by atoms with van der Waals surface area (Å²) in [6, 6.07) is 22.1. The molecule has 0 amide bonds. The van der Waals surface area contributed by atoms with Gasteiger partial charge in [0.25, 0.3) is 0 Å². The summed E-state index contributed by atoms with van der Waals surface area (Å²) in [5.41, 5.74) is 3.16. The molecular weight excluding hydrogens is 460 g/mol. The van der Waals surface area contributed by atoms with Crippen LogP contribution in [0.2, 0.25) is 0 Å². The number of rotatable bonds is 8. The first-order valence-electron chi connectivity index (χ1n) is 11.2. The van der Waals surface area contributed by atoms with E-state index in [2.05, 4.69) is 5.10 Å². The number of benzene rings is 3. The monoisotopic (exact) mass is 486 g/mol. The number of hydrogen-bond acceptors (Lipinski definition) is 7. The predicted molar refractivity (Wildman–Crippen MR) is 134 cm³/mol. The molecule has 0 aliphatic rings. The van der Waals surface area contributed by atoms with Gasteiger partial charge < -0.3 is 18.9 Å². The van der Waals surface area contributed by atoms with Gasteiger partial charge in [-0.05, 0) is 48.9 Å². The second-order valence-corrected chi connectivity index (χ2v) is 7.88. The molecule has 0 aliphatic heterocycles. The van der Waals surface area contributed by atoms with Crippen molar-refractivity contribution < 1.29 is 28.5 Å². The highest BCUT2D eigenvalue weighted by Gasteiger charge is 2.31. The standard InChI is InChI=1S/C28H26N2O6/c1-18-10-8-9-13-22(18)36-17-20-16-19(14-15-23(20)33-2)25-24(27(31)34-3)26(28(32)35-4)30(29-25)21-11-6-5-7-12-21/h5-16H,17H2,1-4H3. The molecule has 0 saturated heterocycles. The normalized spacial score (nSPS) is 10.6. The average molecular weight is 487 g/mol. The average Bonchev–Trinajstić information content (AvgIpc) is 3.33. The predicted octanol–water partition coefficient (Wildman–Crippen LogP) is 5.01. The van der Waals surface area contributed by atoms with E-state index in [0.717, 1.165) is 16.9 Å². The van der Waals surface area contributed by atoms with E-state index in [-0.39, 0.29) is 23.6 Å². The molecule has 4 rings (SSSR count).